The molecular formula is C12H20N4O4. The van der Waals surface area contributed by atoms with Crippen LogP contribution in [0.25, 0.3) is 0 Å². The monoisotopic (exact) mass is 284 g/mol. The molecule has 0 saturated carbocycles. The van der Waals surface area contributed by atoms with Gasteiger partial charge in [-0.15, -0.1) is 0 Å². The van der Waals surface area contributed by atoms with Gasteiger partial charge in [-0.25, -0.2) is 20.7 Å². The van der Waals surface area contributed by atoms with E-state index in [4.69, 9.17) is 5.84 Å². The van der Waals surface area contributed by atoms with Gasteiger partial charge in [0.15, 0.2) is 0 Å². The Morgan fingerprint density at radius 1 is 1.35 bits per heavy atom. The van der Waals surface area contributed by atoms with Crippen LogP contribution in [0.3, 0.4) is 0 Å². The molecule has 20 heavy (non-hydrogen) atoms. The van der Waals surface area contributed by atoms with Gasteiger partial charge in [-0.2, -0.15) is 0 Å². The van der Waals surface area contributed by atoms with Crippen molar-refractivity contribution in [1.82, 2.24) is 15.0 Å². The number of piperidine rings is 1. The van der Waals surface area contributed by atoms with E-state index in [1.165, 1.54) is 4.90 Å². The normalized spacial score (nSPS) is 25.9. The molecule has 0 aromatic carbocycles. The number of hydrogen-bond acceptors (Lipinski definition) is 5. The van der Waals surface area contributed by atoms with E-state index in [0.717, 1.165) is 0 Å². The number of nitrogens with zero attached hydrogens (tertiary/aromatic N) is 3. The first-order valence-electron chi connectivity index (χ1n) is 6.56. The van der Waals surface area contributed by atoms with Crippen molar-refractivity contribution in [3.63, 3.8) is 0 Å². The third-order valence-electron chi connectivity index (χ3n) is 3.73. The van der Waals surface area contributed by atoms with E-state index in [1.54, 1.807) is 20.8 Å². The van der Waals surface area contributed by atoms with Crippen LogP contribution in [0.4, 0.5) is 4.79 Å². The highest BCUT2D eigenvalue weighted by atomic mass is 16.5. The molecule has 0 aromatic rings. The highest BCUT2D eigenvalue weighted by Crippen LogP contribution is 2.29. The second-order valence-electron chi connectivity index (χ2n) is 6.29. The molecule has 2 saturated heterocycles. The van der Waals surface area contributed by atoms with Crippen LogP contribution in [-0.4, -0.2) is 56.7 Å². The van der Waals surface area contributed by atoms with Crippen LogP contribution in [0.2, 0.25) is 0 Å². The van der Waals surface area contributed by atoms with Crippen molar-refractivity contribution in [1.29, 1.82) is 0 Å². The Morgan fingerprint density at radius 3 is 2.50 bits per heavy atom. The van der Waals surface area contributed by atoms with Gasteiger partial charge in [0.2, 0.25) is 5.91 Å². The zero-order chi connectivity index (χ0) is 15.2. The quantitative estimate of drug-likeness (QED) is 0.303. The van der Waals surface area contributed by atoms with Crippen molar-refractivity contribution in [2.75, 3.05) is 6.54 Å². The average molecular weight is 284 g/mol. The van der Waals surface area contributed by atoms with Gasteiger partial charge >= 0.3 is 6.03 Å². The number of rotatable bonds is 1. The first-order chi connectivity index (χ1) is 9.14. The molecule has 2 bridgehead atoms. The summed E-state index contributed by atoms with van der Waals surface area (Å²) in [5, 5.41) is 10.8. The van der Waals surface area contributed by atoms with Gasteiger partial charge in [0.05, 0.1) is 6.04 Å². The minimum Gasteiger partial charge on any atom is -0.309 e. The fraction of sp³-hybridized carbons (Fsp3) is 0.750. The molecule has 2 aliphatic heterocycles. The smallest absolute Gasteiger partial charge is 0.309 e. The molecule has 0 spiro atoms. The lowest BCUT2D eigenvalue weighted by molar-refractivity contribution is -0.153. The average Bonchev–Trinajstić information content (AvgIpc) is 2.61. The summed E-state index contributed by atoms with van der Waals surface area (Å²) in [7, 11) is 0. The lowest BCUT2D eigenvalue weighted by Crippen LogP contribution is -2.57. The Hall–Kier alpha value is -1.67. The van der Waals surface area contributed by atoms with E-state index in [9.17, 15) is 19.6 Å². The zero-order valence-electron chi connectivity index (χ0n) is 11.9. The molecule has 3 N–H and O–H groups in total. The predicted molar refractivity (Wildman–Crippen MR) is 68.0 cm³/mol. The summed E-state index contributed by atoms with van der Waals surface area (Å²) in [6.07, 6.45) is 0.893. The van der Waals surface area contributed by atoms with Crippen LogP contribution >= 0.6 is 0 Å². The standard InChI is InChI=1S/C12H20N4O4/c1-12(2,3)10(18)15(13)9(17)8-5-4-7-6-14(8)11(19)16(7)20/h7-8,20H,4-6,13H2,1-3H3. The van der Waals surface area contributed by atoms with E-state index >= 15 is 0 Å². The number of amides is 4. The number of hydrazine groups is 1. The van der Waals surface area contributed by atoms with Crippen LogP contribution in [-0.2, 0) is 9.59 Å². The maximum absolute atomic E-state index is 12.3. The molecule has 2 rings (SSSR count). The van der Waals surface area contributed by atoms with E-state index in [2.05, 4.69) is 0 Å². The van der Waals surface area contributed by atoms with Crippen molar-refractivity contribution in [2.24, 2.45) is 11.3 Å². The molecule has 8 nitrogen and oxygen atoms in total. The van der Waals surface area contributed by atoms with E-state index in [1.807, 2.05) is 0 Å². The maximum Gasteiger partial charge on any atom is 0.344 e. The van der Waals surface area contributed by atoms with Gasteiger partial charge in [-0.3, -0.25) is 14.8 Å². The molecule has 2 heterocycles. The number of fused-ring (bicyclic) bond motifs is 2. The van der Waals surface area contributed by atoms with Crippen LogP contribution in [0.1, 0.15) is 33.6 Å². The molecule has 0 radical (unpaired) electrons. The topological polar surface area (TPSA) is 107 Å². The lowest BCUT2D eigenvalue weighted by Gasteiger charge is -2.33. The molecule has 4 amide bonds. The van der Waals surface area contributed by atoms with Crippen LogP contribution in [0.5, 0.6) is 0 Å². The van der Waals surface area contributed by atoms with E-state index in [0.29, 0.717) is 22.9 Å². The van der Waals surface area contributed by atoms with E-state index in [-0.39, 0.29) is 12.6 Å². The SMILES string of the molecule is CC(C)(C)C(=O)N(N)C(=O)C1CCC2CN1C(=O)N2O. The number of hydroxylamine groups is 2. The Morgan fingerprint density at radius 2 is 1.95 bits per heavy atom. The Kier molecular flexibility index (Phi) is 3.47. The van der Waals surface area contributed by atoms with Crippen molar-refractivity contribution in [3.8, 4) is 0 Å². The number of carbonyl (C=O) groups excluding carboxylic acids is 3. The van der Waals surface area contributed by atoms with Gasteiger partial charge in [-0.1, -0.05) is 20.8 Å². The van der Waals surface area contributed by atoms with Gasteiger partial charge in [0.1, 0.15) is 6.04 Å². The van der Waals surface area contributed by atoms with Gasteiger partial charge in [0, 0.05) is 12.0 Å². The summed E-state index contributed by atoms with van der Waals surface area (Å²) in [6, 6.07) is -1.68. The largest absolute Gasteiger partial charge is 0.344 e. The summed E-state index contributed by atoms with van der Waals surface area (Å²) >= 11 is 0. The molecule has 8 heteroatoms. The number of hydrogen-bond donors (Lipinski definition) is 2. The fourth-order valence-corrected chi connectivity index (χ4v) is 2.53. The molecule has 2 fully saturated rings. The summed E-state index contributed by atoms with van der Waals surface area (Å²) < 4.78 is 0. The second kappa shape index (κ2) is 4.71. The first-order valence-corrected chi connectivity index (χ1v) is 6.56. The fourth-order valence-electron chi connectivity index (χ4n) is 2.53. The number of nitrogens with two attached hydrogens (primary N) is 1. The van der Waals surface area contributed by atoms with Crippen LogP contribution in [0, 0.1) is 5.41 Å². The number of urea groups is 1. The van der Waals surface area contributed by atoms with Crippen molar-refractivity contribution in [2.45, 2.75) is 45.7 Å². The van der Waals surface area contributed by atoms with Crippen molar-refractivity contribution in [3.05, 3.63) is 0 Å². The van der Waals surface area contributed by atoms with Crippen LogP contribution < -0.4 is 5.84 Å². The first kappa shape index (κ1) is 14.7. The Labute approximate surface area is 117 Å². The molecule has 2 unspecified atom stereocenters. The van der Waals surface area contributed by atoms with Crippen molar-refractivity contribution >= 4 is 17.8 Å². The Balaban J connectivity index is 2.14. The predicted octanol–water partition coefficient (Wildman–Crippen LogP) is -0.0808. The molecular weight excluding hydrogens is 264 g/mol. The Bertz CT molecular complexity index is 459. The van der Waals surface area contributed by atoms with Gasteiger partial charge < -0.3 is 4.90 Å². The summed E-state index contributed by atoms with van der Waals surface area (Å²) in [5.41, 5.74) is -0.778. The number of carbonyl (C=O) groups is 3. The summed E-state index contributed by atoms with van der Waals surface area (Å²) in [4.78, 5) is 37.4. The second-order valence-corrected chi connectivity index (χ2v) is 6.29. The van der Waals surface area contributed by atoms with Gasteiger partial charge in [0.25, 0.3) is 5.91 Å². The van der Waals surface area contributed by atoms with Gasteiger partial charge in [-0.05, 0) is 12.8 Å². The summed E-state index contributed by atoms with van der Waals surface area (Å²) in [5.74, 6) is 4.50. The molecule has 2 atom stereocenters. The highest BCUT2D eigenvalue weighted by molar-refractivity contribution is 6.00. The van der Waals surface area contributed by atoms with Crippen LogP contribution in [0.15, 0.2) is 0 Å². The summed E-state index contributed by atoms with van der Waals surface area (Å²) in [6.45, 7) is 5.27. The molecule has 2 aliphatic rings. The minimum atomic E-state index is -0.785. The maximum atomic E-state index is 12.3. The lowest BCUT2D eigenvalue weighted by atomic mass is 9.94. The van der Waals surface area contributed by atoms with Crippen molar-refractivity contribution < 1.29 is 19.6 Å². The minimum absolute atomic E-state index is 0.281. The molecule has 0 aliphatic carbocycles. The highest BCUT2D eigenvalue weighted by Gasteiger charge is 2.48. The number of imide groups is 1. The zero-order valence-corrected chi connectivity index (χ0v) is 11.9. The molecule has 0 aromatic heterocycles. The third-order valence-corrected chi connectivity index (χ3v) is 3.73. The van der Waals surface area contributed by atoms with E-state index < -0.39 is 29.3 Å². The molecule has 112 valence electrons. The third kappa shape index (κ3) is 2.25.